The molecule has 1 rings (SSSR count). The van der Waals surface area contributed by atoms with Gasteiger partial charge in [-0.3, -0.25) is 4.79 Å². The number of rotatable bonds is 9. The van der Waals surface area contributed by atoms with Crippen molar-refractivity contribution >= 4 is 5.91 Å². The van der Waals surface area contributed by atoms with E-state index < -0.39 is 0 Å². The van der Waals surface area contributed by atoms with E-state index in [4.69, 9.17) is 14.7 Å². The van der Waals surface area contributed by atoms with Gasteiger partial charge in [-0.2, -0.15) is 5.26 Å². The zero-order valence-corrected chi connectivity index (χ0v) is 12.6. The zero-order valence-electron chi connectivity index (χ0n) is 12.6. The molecule has 0 aliphatic rings. The van der Waals surface area contributed by atoms with Crippen LogP contribution < -0.4 is 14.8 Å². The van der Waals surface area contributed by atoms with Gasteiger partial charge in [0.1, 0.15) is 6.42 Å². The summed E-state index contributed by atoms with van der Waals surface area (Å²) in [5.74, 6) is 1.08. The third-order valence-corrected chi connectivity index (χ3v) is 2.96. The van der Waals surface area contributed by atoms with Gasteiger partial charge in [-0.05, 0) is 24.1 Å². The molecule has 0 aliphatic heterocycles. The lowest BCUT2D eigenvalue weighted by Crippen LogP contribution is -2.21. The Morgan fingerprint density at radius 1 is 1.33 bits per heavy atom. The van der Waals surface area contributed by atoms with Gasteiger partial charge in [-0.25, -0.2) is 0 Å². The number of hydrogen-bond acceptors (Lipinski definition) is 4. The van der Waals surface area contributed by atoms with Crippen LogP contribution in [0.25, 0.3) is 0 Å². The van der Waals surface area contributed by atoms with Crippen LogP contribution in [0.1, 0.15) is 38.2 Å². The minimum atomic E-state index is -0.279. The second kappa shape index (κ2) is 9.65. The minimum Gasteiger partial charge on any atom is -0.493 e. The number of ether oxygens (including phenoxy) is 2. The standard InChI is InChI=1S/C16H22N2O3/c1-3-4-5-10-21-15-11-13(6-7-14(15)20-2)12-18-16(19)8-9-17/h6-7,11H,3-5,8,10,12H2,1-2H3,(H,18,19). The number of carbonyl (C=O) groups is 1. The molecule has 0 aliphatic carbocycles. The number of nitrogens with zero attached hydrogens (tertiary/aromatic N) is 1. The first-order chi connectivity index (χ1) is 10.2. The minimum absolute atomic E-state index is 0.128. The predicted octanol–water partition coefficient (Wildman–Crippen LogP) is 2.79. The summed E-state index contributed by atoms with van der Waals surface area (Å²) in [6.07, 6.45) is 3.15. The number of benzene rings is 1. The van der Waals surface area contributed by atoms with Crippen molar-refractivity contribution < 1.29 is 14.3 Å². The summed E-state index contributed by atoms with van der Waals surface area (Å²) in [5.41, 5.74) is 0.910. The molecule has 0 fully saturated rings. The highest BCUT2D eigenvalue weighted by Crippen LogP contribution is 2.28. The Morgan fingerprint density at radius 3 is 2.81 bits per heavy atom. The Balaban J connectivity index is 2.61. The van der Waals surface area contributed by atoms with Gasteiger partial charge in [0.15, 0.2) is 11.5 Å². The Hall–Kier alpha value is -2.22. The average molecular weight is 290 g/mol. The van der Waals surface area contributed by atoms with E-state index in [1.165, 1.54) is 0 Å². The number of nitriles is 1. The van der Waals surface area contributed by atoms with Crippen molar-refractivity contribution in [3.8, 4) is 17.6 Å². The lowest BCUT2D eigenvalue weighted by Gasteiger charge is -2.12. The average Bonchev–Trinajstić information content (AvgIpc) is 2.50. The number of amides is 1. The molecular weight excluding hydrogens is 268 g/mol. The van der Waals surface area contributed by atoms with Gasteiger partial charge >= 0.3 is 0 Å². The smallest absolute Gasteiger partial charge is 0.234 e. The normalized spacial score (nSPS) is 9.76. The van der Waals surface area contributed by atoms with Crippen LogP contribution in [0.4, 0.5) is 0 Å². The maximum atomic E-state index is 11.3. The molecule has 1 N–H and O–H groups in total. The molecular formula is C16H22N2O3. The first kappa shape index (κ1) is 16.8. The number of hydrogen-bond donors (Lipinski definition) is 1. The predicted molar refractivity (Wildman–Crippen MR) is 80.1 cm³/mol. The summed E-state index contributed by atoms with van der Waals surface area (Å²) in [4.78, 5) is 11.3. The molecule has 0 radical (unpaired) electrons. The van der Waals surface area contributed by atoms with Crippen LogP contribution in [0.5, 0.6) is 11.5 Å². The summed E-state index contributed by atoms with van der Waals surface area (Å²) < 4.78 is 11.0. The first-order valence-electron chi connectivity index (χ1n) is 7.14. The van der Waals surface area contributed by atoms with E-state index in [0.717, 1.165) is 24.8 Å². The van der Waals surface area contributed by atoms with Gasteiger partial charge in [0.05, 0.1) is 19.8 Å². The van der Waals surface area contributed by atoms with Crippen LogP contribution in [-0.2, 0) is 11.3 Å². The van der Waals surface area contributed by atoms with Gasteiger partial charge in [-0.1, -0.05) is 25.8 Å². The highest BCUT2D eigenvalue weighted by atomic mass is 16.5. The van der Waals surface area contributed by atoms with Crippen molar-refractivity contribution in [2.24, 2.45) is 0 Å². The highest BCUT2D eigenvalue weighted by Gasteiger charge is 2.07. The van der Waals surface area contributed by atoms with E-state index >= 15 is 0 Å². The van der Waals surface area contributed by atoms with Crippen molar-refractivity contribution in [1.82, 2.24) is 5.32 Å². The van der Waals surface area contributed by atoms with Crippen molar-refractivity contribution in [3.63, 3.8) is 0 Å². The molecule has 1 amide bonds. The van der Waals surface area contributed by atoms with E-state index in [0.29, 0.717) is 24.7 Å². The lowest BCUT2D eigenvalue weighted by atomic mass is 10.2. The van der Waals surface area contributed by atoms with Crippen LogP contribution in [0.3, 0.4) is 0 Å². The largest absolute Gasteiger partial charge is 0.493 e. The Bertz CT molecular complexity index is 495. The van der Waals surface area contributed by atoms with Crippen LogP contribution in [0, 0.1) is 11.3 Å². The van der Waals surface area contributed by atoms with E-state index in [1.54, 1.807) is 7.11 Å². The molecule has 0 saturated heterocycles. The third-order valence-electron chi connectivity index (χ3n) is 2.96. The van der Waals surface area contributed by atoms with Gasteiger partial charge in [0.2, 0.25) is 5.91 Å². The quantitative estimate of drug-likeness (QED) is 0.710. The number of nitrogens with one attached hydrogen (secondary N) is 1. The van der Waals surface area contributed by atoms with E-state index in [-0.39, 0.29) is 12.3 Å². The maximum Gasteiger partial charge on any atom is 0.234 e. The monoisotopic (exact) mass is 290 g/mol. The molecule has 5 heteroatoms. The summed E-state index contributed by atoms with van der Waals surface area (Å²) in [7, 11) is 1.60. The van der Waals surface area contributed by atoms with Gasteiger partial charge in [-0.15, -0.1) is 0 Å². The second-order valence-electron chi connectivity index (χ2n) is 4.65. The summed E-state index contributed by atoms with van der Waals surface area (Å²) in [6, 6.07) is 7.36. The molecule has 1 aromatic rings. The molecule has 0 bridgehead atoms. The summed E-state index contributed by atoms with van der Waals surface area (Å²) in [5, 5.41) is 11.1. The lowest BCUT2D eigenvalue weighted by molar-refractivity contribution is -0.120. The molecule has 1 aromatic carbocycles. The Kier molecular flexibility index (Phi) is 7.73. The van der Waals surface area contributed by atoms with Gasteiger partial charge in [0.25, 0.3) is 0 Å². The Labute approximate surface area is 125 Å². The number of methoxy groups -OCH3 is 1. The van der Waals surface area contributed by atoms with E-state index in [9.17, 15) is 4.79 Å². The maximum absolute atomic E-state index is 11.3. The van der Waals surface area contributed by atoms with Crippen LogP contribution in [0.2, 0.25) is 0 Å². The zero-order chi connectivity index (χ0) is 15.5. The number of carbonyl (C=O) groups excluding carboxylic acids is 1. The molecule has 0 spiro atoms. The summed E-state index contributed by atoms with van der Waals surface area (Å²) >= 11 is 0. The molecule has 5 nitrogen and oxygen atoms in total. The highest BCUT2D eigenvalue weighted by molar-refractivity contribution is 5.77. The molecule has 114 valence electrons. The fourth-order valence-electron chi connectivity index (χ4n) is 1.81. The van der Waals surface area contributed by atoms with Crippen LogP contribution >= 0.6 is 0 Å². The molecule has 21 heavy (non-hydrogen) atoms. The molecule has 0 unspecified atom stereocenters. The Morgan fingerprint density at radius 2 is 2.14 bits per heavy atom. The molecule has 0 saturated carbocycles. The van der Waals surface area contributed by atoms with Gasteiger partial charge < -0.3 is 14.8 Å². The van der Waals surface area contributed by atoms with Crippen molar-refractivity contribution in [2.75, 3.05) is 13.7 Å². The molecule has 0 atom stereocenters. The fraction of sp³-hybridized carbons (Fsp3) is 0.500. The third kappa shape index (κ3) is 6.17. The van der Waals surface area contributed by atoms with Crippen LogP contribution in [-0.4, -0.2) is 19.6 Å². The van der Waals surface area contributed by atoms with Crippen molar-refractivity contribution in [2.45, 2.75) is 39.2 Å². The number of unbranched alkanes of at least 4 members (excludes halogenated alkanes) is 2. The topological polar surface area (TPSA) is 71.3 Å². The van der Waals surface area contributed by atoms with Crippen LogP contribution in [0.15, 0.2) is 18.2 Å². The summed E-state index contributed by atoms with van der Waals surface area (Å²) in [6.45, 7) is 3.16. The van der Waals surface area contributed by atoms with Crippen molar-refractivity contribution in [3.05, 3.63) is 23.8 Å². The molecule has 0 heterocycles. The first-order valence-corrected chi connectivity index (χ1v) is 7.14. The molecule has 0 aromatic heterocycles. The fourth-order valence-corrected chi connectivity index (χ4v) is 1.81. The SMILES string of the molecule is CCCCCOc1cc(CNC(=O)CC#N)ccc1OC. The van der Waals surface area contributed by atoms with E-state index in [1.807, 2.05) is 24.3 Å². The van der Waals surface area contributed by atoms with E-state index in [2.05, 4.69) is 12.2 Å². The second-order valence-corrected chi connectivity index (χ2v) is 4.65. The van der Waals surface area contributed by atoms with Gasteiger partial charge in [0, 0.05) is 6.54 Å². The van der Waals surface area contributed by atoms with Crippen molar-refractivity contribution in [1.29, 1.82) is 5.26 Å².